The highest BCUT2D eigenvalue weighted by Gasteiger charge is 2.05. The van der Waals surface area contributed by atoms with E-state index in [1.54, 1.807) is 0 Å². The molecule has 2 rings (SSSR count). The van der Waals surface area contributed by atoms with Gasteiger partial charge in [0.15, 0.2) is 0 Å². The molecule has 1 aromatic heterocycles. The number of thiophene rings is 1. The number of rotatable bonds is 3. The Balaban J connectivity index is 1.85. The molecule has 1 aliphatic heterocycles. The van der Waals surface area contributed by atoms with Crippen LogP contribution in [0.5, 0.6) is 0 Å². The molecule has 0 fully saturated rings. The second-order valence-corrected chi connectivity index (χ2v) is 4.76. The molecule has 0 atom stereocenters. The van der Waals surface area contributed by atoms with Crippen molar-refractivity contribution in [2.45, 2.75) is 32.7 Å². The van der Waals surface area contributed by atoms with Crippen molar-refractivity contribution < 1.29 is 0 Å². The Bertz CT molecular complexity index is 328. The first kappa shape index (κ1) is 9.71. The molecule has 76 valence electrons. The van der Waals surface area contributed by atoms with Gasteiger partial charge in [-0.2, -0.15) is 0 Å². The molecule has 0 spiro atoms. The Morgan fingerprint density at radius 1 is 1.43 bits per heavy atom. The van der Waals surface area contributed by atoms with Gasteiger partial charge in [-0.3, -0.25) is 4.99 Å². The van der Waals surface area contributed by atoms with Crippen LogP contribution in [-0.2, 0) is 13.0 Å². The second kappa shape index (κ2) is 4.60. The maximum atomic E-state index is 4.39. The van der Waals surface area contributed by atoms with Gasteiger partial charge >= 0.3 is 0 Å². The topological polar surface area (TPSA) is 24.4 Å². The molecule has 0 saturated heterocycles. The van der Waals surface area contributed by atoms with E-state index in [4.69, 9.17) is 0 Å². The number of amidine groups is 1. The summed E-state index contributed by atoms with van der Waals surface area (Å²) in [5, 5.41) is 3.40. The average Bonchev–Trinajstić information content (AvgIpc) is 2.86. The van der Waals surface area contributed by atoms with Crippen LogP contribution in [0.2, 0.25) is 0 Å². The van der Waals surface area contributed by atoms with Crippen molar-refractivity contribution in [3.05, 3.63) is 21.9 Å². The summed E-state index contributed by atoms with van der Waals surface area (Å²) in [4.78, 5) is 7.27. The van der Waals surface area contributed by atoms with Crippen LogP contribution >= 0.6 is 11.3 Å². The van der Waals surface area contributed by atoms with Gasteiger partial charge in [0.2, 0.25) is 0 Å². The summed E-state index contributed by atoms with van der Waals surface area (Å²) in [5.41, 5.74) is 0. The summed E-state index contributed by atoms with van der Waals surface area (Å²) in [7, 11) is 0. The van der Waals surface area contributed by atoms with Gasteiger partial charge in [0.1, 0.15) is 0 Å². The third-order valence-corrected chi connectivity index (χ3v) is 3.64. The lowest BCUT2D eigenvalue weighted by Crippen LogP contribution is -2.19. The van der Waals surface area contributed by atoms with Gasteiger partial charge in [-0.25, -0.2) is 0 Å². The van der Waals surface area contributed by atoms with Gasteiger partial charge in [0, 0.05) is 22.7 Å². The number of hydrogen-bond acceptors (Lipinski definition) is 3. The highest BCUT2D eigenvalue weighted by molar-refractivity contribution is 7.11. The molecule has 3 heteroatoms. The van der Waals surface area contributed by atoms with Gasteiger partial charge in [-0.05, 0) is 25.0 Å². The fourth-order valence-electron chi connectivity index (χ4n) is 1.58. The molecule has 0 amide bonds. The van der Waals surface area contributed by atoms with E-state index in [0.717, 1.165) is 25.9 Å². The van der Waals surface area contributed by atoms with Crippen molar-refractivity contribution in [3.63, 3.8) is 0 Å². The lowest BCUT2D eigenvalue weighted by molar-refractivity contribution is 0.901. The van der Waals surface area contributed by atoms with Gasteiger partial charge in [-0.1, -0.05) is 6.92 Å². The molecule has 1 aliphatic rings. The number of nitrogens with zero attached hydrogens (tertiary/aromatic N) is 1. The van der Waals surface area contributed by atoms with Crippen LogP contribution in [0.25, 0.3) is 0 Å². The van der Waals surface area contributed by atoms with E-state index in [1.807, 2.05) is 11.3 Å². The van der Waals surface area contributed by atoms with E-state index in [1.165, 1.54) is 22.0 Å². The monoisotopic (exact) mass is 208 g/mol. The zero-order valence-corrected chi connectivity index (χ0v) is 9.36. The highest BCUT2D eigenvalue weighted by atomic mass is 32.1. The molecule has 1 N–H and O–H groups in total. The van der Waals surface area contributed by atoms with Gasteiger partial charge in [-0.15, -0.1) is 11.3 Å². The van der Waals surface area contributed by atoms with E-state index in [-0.39, 0.29) is 0 Å². The summed E-state index contributed by atoms with van der Waals surface area (Å²) < 4.78 is 0. The lowest BCUT2D eigenvalue weighted by Gasteiger charge is -2.02. The van der Waals surface area contributed by atoms with Crippen molar-refractivity contribution >= 4 is 17.2 Å². The van der Waals surface area contributed by atoms with Crippen LogP contribution in [0.3, 0.4) is 0 Å². The zero-order valence-electron chi connectivity index (χ0n) is 8.55. The standard InChI is InChI=1S/C11H16N2S/c1-2-9-5-6-10(14-9)8-13-11-4-3-7-12-11/h5-6H,2-4,7-8H2,1H3,(H,12,13). The molecule has 2 nitrogen and oxygen atoms in total. The Kier molecular flexibility index (Phi) is 3.19. The first-order valence-corrected chi connectivity index (χ1v) is 6.05. The third-order valence-electron chi connectivity index (χ3n) is 2.41. The Morgan fingerprint density at radius 2 is 2.29 bits per heavy atom. The lowest BCUT2D eigenvalue weighted by atomic mass is 10.3. The van der Waals surface area contributed by atoms with Crippen LogP contribution in [-0.4, -0.2) is 12.4 Å². The van der Waals surface area contributed by atoms with Crippen molar-refractivity contribution in [1.29, 1.82) is 0 Å². The largest absolute Gasteiger partial charge is 0.369 e. The van der Waals surface area contributed by atoms with E-state index in [2.05, 4.69) is 29.4 Å². The third kappa shape index (κ3) is 2.35. The van der Waals surface area contributed by atoms with Crippen LogP contribution in [0, 0.1) is 0 Å². The molecule has 0 aromatic carbocycles. The number of hydrogen-bond donors (Lipinski definition) is 1. The minimum absolute atomic E-state index is 0.948. The van der Waals surface area contributed by atoms with Crippen molar-refractivity contribution in [2.75, 3.05) is 6.54 Å². The number of nitrogens with one attached hydrogen (secondary N) is 1. The molecular weight excluding hydrogens is 192 g/mol. The predicted octanol–water partition coefficient (Wildman–Crippen LogP) is 2.59. The predicted molar refractivity (Wildman–Crippen MR) is 62.1 cm³/mol. The SMILES string of the molecule is CCc1ccc(CNC2=NCCC2)s1. The van der Waals surface area contributed by atoms with Gasteiger partial charge in [0.05, 0.1) is 12.4 Å². The van der Waals surface area contributed by atoms with E-state index < -0.39 is 0 Å². The van der Waals surface area contributed by atoms with Crippen molar-refractivity contribution in [1.82, 2.24) is 5.32 Å². The van der Waals surface area contributed by atoms with Crippen molar-refractivity contribution in [3.8, 4) is 0 Å². The van der Waals surface area contributed by atoms with E-state index in [0.29, 0.717) is 0 Å². The molecule has 0 aliphatic carbocycles. The maximum Gasteiger partial charge on any atom is 0.0966 e. The fourth-order valence-corrected chi connectivity index (χ4v) is 2.48. The summed E-state index contributed by atoms with van der Waals surface area (Å²) in [5.74, 6) is 1.19. The zero-order chi connectivity index (χ0) is 9.80. The minimum Gasteiger partial charge on any atom is -0.369 e. The molecule has 14 heavy (non-hydrogen) atoms. The Hall–Kier alpha value is -0.830. The molecule has 0 unspecified atom stereocenters. The van der Waals surface area contributed by atoms with E-state index >= 15 is 0 Å². The van der Waals surface area contributed by atoms with Crippen LogP contribution in [0.4, 0.5) is 0 Å². The number of aryl methyl sites for hydroxylation is 1. The number of aliphatic imine (C=N–C) groups is 1. The quantitative estimate of drug-likeness (QED) is 0.811. The average molecular weight is 208 g/mol. The fraction of sp³-hybridized carbons (Fsp3) is 0.545. The van der Waals surface area contributed by atoms with Crippen LogP contribution in [0.15, 0.2) is 17.1 Å². The molecular formula is C11H16N2S. The normalized spacial score (nSPS) is 15.6. The first-order chi connectivity index (χ1) is 6.88. The summed E-state index contributed by atoms with van der Waals surface area (Å²) >= 11 is 1.90. The van der Waals surface area contributed by atoms with Gasteiger partial charge in [0.25, 0.3) is 0 Å². The summed E-state index contributed by atoms with van der Waals surface area (Å²) in [6.45, 7) is 4.15. The minimum atomic E-state index is 0.948. The van der Waals surface area contributed by atoms with E-state index in [9.17, 15) is 0 Å². The maximum absolute atomic E-state index is 4.39. The molecule has 0 saturated carbocycles. The Labute approximate surface area is 89.1 Å². The smallest absolute Gasteiger partial charge is 0.0966 e. The van der Waals surface area contributed by atoms with Crippen LogP contribution in [0.1, 0.15) is 29.5 Å². The van der Waals surface area contributed by atoms with Crippen molar-refractivity contribution in [2.24, 2.45) is 4.99 Å². The molecule has 0 radical (unpaired) electrons. The van der Waals surface area contributed by atoms with Crippen LogP contribution < -0.4 is 5.32 Å². The molecule has 0 bridgehead atoms. The molecule has 2 heterocycles. The highest BCUT2D eigenvalue weighted by Crippen LogP contribution is 2.16. The summed E-state index contributed by atoms with van der Waals surface area (Å²) in [6, 6.07) is 4.43. The van der Waals surface area contributed by atoms with Gasteiger partial charge < -0.3 is 5.32 Å². The molecule has 1 aromatic rings. The summed E-state index contributed by atoms with van der Waals surface area (Å²) in [6.07, 6.45) is 3.49. The first-order valence-electron chi connectivity index (χ1n) is 5.23. The second-order valence-electron chi connectivity index (χ2n) is 3.51. The Morgan fingerprint density at radius 3 is 2.93 bits per heavy atom.